The van der Waals surface area contributed by atoms with Gasteiger partial charge in [0.1, 0.15) is 5.54 Å². The van der Waals surface area contributed by atoms with Crippen LogP contribution < -0.4 is 5.32 Å². The van der Waals surface area contributed by atoms with Gasteiger partial charge in [-0.05, 0) is 36.2 Å². The molecule has 3 heteroatoms. The molecule has 0 aliphatic rings. The van der Waals surface area contributed by atoms with E-state index in [-0.39, 0.29) is 5.91 Å². The highest BCUT2D eigenvalue weighted by Gasteiger charge is 2.24. The fourth-order valence-electron chi connectivity index (χ4n) is 1.85. The van der Waals surface area contributed by atoms with Crippen molar-refractivity contribution >= 4 is 16.7 Å². The van der Waals surface area contributed by atoms with Crippen LogP contribution in [0.4, 0.5) is 0 Å². The van der Waals surface area contributed by atoms with Gasteiger partial charge in [-0.3, -0.25) is 4.79 Å². The minimum Gasteiger partial charge on any atom is -0.334 e. The Labute approximate surface area is 112 Å². The lowest BCUT2D eigenvalue weighted by Crippen LogP contribution is -2.44. The largest absolute Gasteiger partial charge is 0.334 e. The van der Waals surface area contributed by atoms with Crippen molar-refractivity contribution in [2.45, 2.75) is 25.8 Å². The molecule has 1 unspecified atom stereocenters. The molecule has 1 amide bonds. The molecule has 0 aliphatic carbocycles. The van der Waals surface area contributed by atoms with Gasteiger partial charge in [0.05, 0.1) is 6.07 Å². The van der Waals surface area contributed by atoms with Crippen molar-refractivity contribution in [2.24, 2.45) is 0 Å². The average molecular weight is 252 g/mol. The van der Waals surface area contributed by atoms with Crippen LogP contribution in [0.15, 0.2) is 42.5 Å². The smallest absolute Gasteiger partial charge is 0.252 e. The number of carbonyl (C=O) groups excluding carboxylic acids is 1. The first-order valence-corrected chi connectivity index (χ1v) is 6.30. The first-order chi connectivity index (χ1) is 9.08. The van der Waals surface area contributed by atoms with E-state index in [0.717, 1.165) is 10.8 Å². The van der Waals surface area contributed by atoms with Crippen LogP contribution in [0.25, 0.3) is 10.8 Å². The van der Waals surface area contributed by atoms with Gasteiger partial charge in [0, 0.05) is 5.56 Å². The predicted octanol–water partition coefficient (Wildman–Crippen LogP) is 3.26. The molecule has 0 saturated heterocycles. The van der Waals surface area contributed by atoms with Gasteiger partial charge in [-0.1, -0.05) is 37.3 Å². The number of fused-ring (bicyclic) bond motifs is 1. The first kappa shape index (κ1) is 13.1. The van der Waals surface area contributed by atoms with E-state index in [9.17, 15) is 4.79 Å². The molecule has 0 bridgehead atoms. The number of nitrogens with one attached hydrogen (secondary N) is 1. The summed E-state index contributed by atoms with van der Waals surface area (Å²) in [6.45, 7) is 3.61. The summed E-state index contributed by atoms with van der Waals surface area (Å²) in [6.07, 6.45) is 0.572. The van der Waals surface area contributed by atoms with Crippen LogP contribution in [0.5, 0.6) is 0 Å². The molecule has 3 nitrogen and oxygen atoms in total. The SMILES string of the molecule is CCC(C)(C#N)NC(=O)c1ccc2ccccc2c1. The van der Waals surface area contributed by atoms with Crippen LogP contribution in [0.3, 0.4) is 0 Å². The Morgan fingerprint density at radius 1 is 1.26 bits per heavy atom. The molecule has 2 rings (SSSR count). The second-order valence-electron chi connectivity index (χ2n) is 4.81. The van der Waals surface area contributed by atoms with Crippen molar-refractivity contribution in [3.05, 3.63) is 48.0 Å². The molecule has 0 heterocycles. The number of rotatable bonds is 3. The van der Waals surface area contributed by atoms with Gasteiger partial charge in [0.25, 0.3) is 5.91 Å². The third-order valence-electron chi connectivity index (χ3n) is 3.35. The Bertz CT molecular complexity index is 657. The van der Waals surface area contributed by atoms with Crippen LogP contribution in [0, 0.1) is 11.3 Å². The molecule has 0 fully saturated rings. The van der Waals surface area contributed by atoms with Crippen molar-refractivity contribution < 1.29 is 4.79 Å². The van der Waals surface area contributed by atoms with Crippen LogP contribution >= 0.6 is 0 Å². The molecule has 0 saturated carbocycles. The molecule has 2 aromatic rings. The summed E-state index contributed by atoms with van der Waals surface area (Å²) in [7, 11) is 0. The van der Waals surface area contributed by atoms with Crippen molar-refractivity contribution in [1.29, 1.82) is 5.26 Å². The number of hydrogen-bond acceptors (Lipinski definition) is 2. The summed E-state index contributed by atoms with van der Waals surface area (Å²) < 4.78 is 0. The van der Waals surface area contributed by atoms with Gasteiger partial charge in [-0.25, -0.2) is 0 Å². The summed E-state index contributed by atoms with van der Waals surface area (Å²) in [5, 5.41) is 14.0. The van der Waals surface area contributed by atoms with Crippen molar-refractivity contribution in [1.82, 2.24) is 5.32 Å². The van der Waals surface area contributed by atoms with Gasteiger partial charge in [0.2, 0.25) is 0 Å². The van der Waals surface area contributed by atoms with E-state index in [0.29, 0.717) is 12.0 Å². The van der Waals surface area contributed by atoms with E-state index in [2.05, 4.69) is 11.4 Å². The monoisotopic (exact) mass is 252 g/mol. The summed E-state index contributed by atoms with van der Waals surface area (Å²) in [4.78, 5) is 12.2. The zero-order chi connectivity index (χ0) is 13.9. The molecular weight excluding hydrogens is 236 g/mol. The number of hydrogen-bond donors (Lipinski definition) is 1. The zero-order valence-electron chi connectivity index (χ0n) is 11.1. The summed E-state index contributed by atoms with van der Waals surface area (Å²) in [6, 6.07) is 15.6. The zero-order valence-corrected chi connectivity index (χ0v) is 11.1. The molecule has 96 valence electrons. The maximum atomic E-state index is 12.2. The molecule has 0 radical (unpaired) electrons. The molecule has 1 atom stereocenters. The average Bonchev–Trinajstić information content (AvgIpc) is 2.46. The lowest BCUT2D eigenvalue weighted by molar-refractivity contribution is 0.0923. The number of benzene rings is 2. The molecule has 0 spiro atoms. The Balaban J connectivity index is 2.30. The fourth-order valence-corrected chi connectivity index (χ4v) is 1.85. The Morgan fingerprint density at radius 3 is 2.58 bits per heavy atom. The third-order valence-corrected chi connectivity index (χ3v) is 3.35. The lowest BCUT2D eigenvalue weighted by Gasteiger charge is -2.21. The van der Waals surface area contributed by atoms with Gasteiger partial charge in [0.15, 0.2) is 0 Å². The molecule has 19 heavy (non-hydrogen) atoms. The van der Waals surface area contributed by atoms with E-state index in [1.54, 1.807) is 13.0 Å². The molecule has 0 aromatic heterocycles. The second kappa shape index (κ2) is 5.11. The molecule has 1 N–H and O–H groups in total. The van der Waals surface area contributed by atoms with Gasteiger partial charge >= 0.3 is 0 Å². The van der Waals surface area contributed by atoms with E-state index in [4.69, 9.17) is 5.26 Å². The van der Waals surface area contributed by atoms with E-state index < -0.39 is 5.54 Å². The Kier molecular flexibility index (Phi) is 3.52. The van der Waals surface area contributed by atoms with Gasteiger partial charge in [-0.2, -0.15) is 5.26 Å². The van der Waals surface area contributed by atoms with Gasteiger partial charge < -0.3 is 5.32 Å². The van der Waals surface area contributed by atoms with Crippen LogP contribution in [0.2, 0.25) is 0 Å². The first-order valence-electron chi connectivity index (χ1n) is 6.30. The number of nitriles is 1. The Morgan fingerprint density at radius 2 is 1.95 bits per heavy atom. The van der Waals surface area contributed by atoms with E-state index in [1.165, 1.54) is 0 Å². The summed E-state index contributed by atoms with van der Waals surface area (Å²) in [5.74, 6) is -0.211. The highest BCUT2D eigenvalue weighted by Crippen LogP contribution is 2.16. The number of nitrogens with zero attached hydrogens (tertiary/aromatic N) is 1. The maximum Gasteiger partial charge on any atom is 0.252 e. The standard InChI is InChI=1S/C16H16N2O/c1-3-16(2,11-17)18-15(19)14-9-8-12-6-4-5-7-13(12)10-14/h4-10H,3H2,1-2H3,(H,18,19). The topological polar surface area (TPSA) is 52.9 Å². The third kappa shape index (κ3) is 2.74. The molecule has 2 aromatic carbocycles. The number of carbonyl (C=O) groups is 1. The van der Waals surface area contributed by atoms with Crippen LogP contribution in [-0.2, 0) is 0 Å². The highest BCUT2D eigenvalue weighted by molar-refractivity contribution is 5.99. The van der Waals surface area contributed by atoms with E-state index in [1.807, 2.05) is 43.3 Å². The normalized spacial score (nSPS) is 13.5. The lowest BCUT2D eigenvalue weighted by atomic mass is 10.00. The minimum absolute atomic E-state index is 0.211. The quantitative estimate of drug-likeness (QED) is 0.911. The minimum atomic E-state index is -0.817. The summed E-state index contributed by atoms with van der Waals surface area (Å²) in [5.41, 5.74) is -0.239. The molecular formula is C16H16N2O. The van der Waals surface area contributed by atoms with Crippen molar-refractivity contribution in [3.8, 4) is 6.07 Å². The van der Waals surface area contributed by atoms with Gasteiger partial charge in [-0.15, -0.1) is 0 Å². The Hall–Kier alpha value is -2.34. The predicted molar refractivity (Wildman–Crippen MR) is 75.7 cm³/mol. The van der Waals surface area contributed by atoms with E-state index >= 15 is 0 Å². The van der Waals surface area contributed by atoms with Crippen molar-refractivity contribution in [2.75, 3.05) is 0 Å². The fraction of sp³-hybridized carbons (Fsp3) is 0.250. The van der Waals surface area contributed by atoms with Crippen LogP contribution in [-0.4, -0.2) is 11.4 Å². The summed E-state index contributed by atoms with van der Waals surface area (Å²) >= 11 is 0. The highest BCUT2D eigenvalue weighted by atomic mass is 16.1. The maximum absolute atomic E-state index is 12.2. The van der Waals surface area contributed by atoms with Crippen LogP contribution in [0.1, 0.15) is 30.6 Å². The number of amides is 1. The van der Waals surface area contributed by atoms with Crippen molar-refractivity contribution in [3.63, 3.8) is 0 Å². The second-order valence-corrected chi connectivity index (χ2v) is 4.81. The molecule has 0 aliphatic heterocycles.